The van der Waals surface area contributed by atoms with Crippen LogP contribution in [0.3, 0.4) is 0 Å². The van der Waals surface area contributed by atoms with Crippen LogP contribution in [-0.4, -0.2) is 17.6 Å². The van der Waals surface area contributed by atoms with E-state index < -0.39 is 0 Å². The fraction of sp³-hybridized carbons (Fsp3) is 0.250. The number of esters is 1. The average Bonchev–Trinajstić information content (AvgIpc) is 3.11. The molecule has 0 atom stereocenters. The molecule has 0 fully saturated rings. The first kappa shape index (κ1) is 13.8. The number of aromatic nitrogens is 1. The van der Waals surface area contributed by atoms with E-state index in [1.807, 2.05) is 35.7 Å². The van der Waals surface area contributed by atoms with Crippen molar-refractivity contribution >= 4 is 28.3 Å². The summed E-state index contributed by atoms with van der Waals surface area (Å²) in [6, 6.07) is 9.87. The van der Waals surface area contributed by atoms with E-state index >= 15 is 0 Å². The van der Waals surface area contributed by atoms with Crippen molar-refractivity contribution in [2.45, 2.75) is 19.8 Å². The van der Waals surface area contributed by atoms with E-state index in [0.29, 0.717) is 19.4 Å². The molecule has 3 aromatic rings. The SMILES string of the molecule is CCOC(=O)CCc1csc(-c2cc3ccccc3o2)n1. The Balaban J connectivity index is 1.73. The summed E-state index contributed by atoms with van der Waals surface area (Å²) < 4.78 is 10.7. The van der Waals surface area contributed by atoms with Gasteiger partial charge in [0.15, 0.2) is 10.8 Å². The van der Waals surface area contributed by atoms with Gasteiger partial charge in [-0.2, -0.15) is 0 Å². The van der Waals surface area contributed by atoms with Gasteiger partial charge in [0.05, 0.1) is 18.7 Å². The molecule has 0 spiro atoms. The van der Waals surface area contributed by atoms with Crippen LogP contribution in [0.4, 0.5) is 0 Å². The molecule has 4 nitrogen and oxygen atoms in total. The minimum atomic E-state index is -0.184. The first-order chi connectivity index (χ1) is 10.3. The smallest absolute Gasteiger partial charge is 0.306 e. The number of rotatable bonds is 5. The molecule has 0 aliphatic rings. The maximum absolute atomic E-state index is 11.3. The highest BCUT2D eigenvalue weighted by Crippen LogP contribution is 2.30. The third kappa shape index (κ3) is 3.13. The number of hydrogen-bond acceptors (Lipinski definition) is 5. The van der Waals surface area contributed by atoms with Crippen LogP contribution in [0.25, 0.3) is 21.7 Å². The van der Waals surface area contributed by atoms with E-state index in [0.717, 1.165) is 27.4 Å². The Morgan fingerprint density at radius 1 is 1.38 bits per heavy atom. The second kappa shape index (κ2) is 6.10. The number of aryl methyl sites for hydroxylation is 1. The molecule has 3 rings (SSSR count). The second-order valence-corrected chi connectivity index (χ2v) is 5.46. The Morgan fingerprint density at radius 2 is 2.24 bits per heavy atom. The zero-order valence-electron chi connectivity index (χ0n) is 11.7. The number of ether oxygens (including phenoxy) is 1. The minimum absolute atomic E-state index is 0.184. The highest BCUT2D eigenvalue weighted by molar-refractivity contribution is 7.13. The molecule has 1 aromatic carbocycles. The van der Waals surface area contributed by atoms with Crippen molar-refractivity contribution in [1.29, 1.82) is 0 Å². The lowest BCUT2D eigenvalue weighted by Crippen LogP contribution is -2.05. The van der Waals surface area contributed by atoms with Crippen LogP contribution in [0, 0.1) is 0 Å². The average molecular weight is 301 g/mol. The quantitative estimate of drug-likeness (QED) is 0.667. The Hall–Kier alpha value is -2.14. The molecule has 5 heteroatoms. The molecule has 0 aliphatic heterocycles. The van der Waals surface area contributed by atoms with Crippen molar-refractivity contribution in [3.05, 3.63) is 41.4 Å². The third-order valence-electron chi connectivity index (χ3n) is 3.08. The second-order valence-electron chi connectivity index (χ2n) is 4.60. The molecule has 0 saturated carbocycles. The van der Waals surface area contributed by atoms with Gasteiger partial charge in [0, 0.05) is 17.2 Å². The Bertz CT molecular complexity index is 727. The Morgan fingerprint density at radius 3 is 3.05 bits per heavy atom. The Kier molecular flexibility index (Phi) is 4.01. The number of nitrogens with zero attached hydrogens (tertiary/aromatic N) is 1. The van der Waals surface area contributed by atoms with E-state index in [1.54, 1.807) is 6.92 Å². The van der Waals surface area contributed by atoms with Gasteiger partial charge in [0.2, 0.25) is 0 Å². The zero-order valence-corrected chi connectivity index (χ0v) is 12.5. The van der Waals surface area contributed by atoms with Crippen LogP contribution < -0.4 is 0 Å². The van der Waals surface area contributed by atoms with Crippen molar-refractivity contribution in [2.24, 2.45) is 0 Å². The number of carbonyl (C=O) groups excluding carboxylic acids is 1. The number of hydrogen-bond donors (Lipinski definition) is 0. The van der Waals surface area contributed by atoms with Crippen molar-refractivity contribution in [3.8, 4) is 10.8 Å². The number of furan rings is 1. The van der Waals surface area contributed by atoms with E-state index in [2.05, 4.69) is 4.98 Å². The first-order valence-corrected chi connectivity index (χ1v) is 7.73. The number of fused-ring (bicyclic) bond motifs is 1. The lowest BCUT2D eigenvalue weighted by atomic mass is 10.2. The van der Waals surface area contributed by atoms with Gasteiger partial charge in [-0.25, -0.2) is 4.98 Å². The van der Waals surface area contributed by atoms with Gasteiger partial charge < -0.3 is 9.15 Å². The number of carbonyl (C=O) groups is 1. The van der Waals surface area contributed by atoms with Crippen LogP contribution >= 0.6 is 11.3 Å². The predicted octanol–water partition coefficient (Wildman–Crippen LogP) is 4.05. The molecular weight excluding hydrogens is 286 g/mol. The summed E-state index contributed by atoms with van der Waals surface area (Å²) in [5, 5.41) is 3.86. The fourth-order valence-electron chi connectivity index (χ4n) is 2.09. The molecule has 0 saturated heterocycles. The molecule has 0 radical (unpaired) electrons. The summed E-state index contributed by atoms with van der Waals surface area (Å²) in [5.74, 6) is 0.583. The summed E-state index contributed by atoms with van der Waals surface area (Å²) >= 11 is 1.53. The topological polar surface area (TPSA) is 52.3 Å². The van der Waals surface area contributed by atoms with Gasteiger partial charge in [0.25, 0.3) is 0 Å². The highest BCUT2D eigenvalue weighted by atomic mass is 32.1. The molecule has 0 amide bonds. The first-order valence-electron chi connectivity index (χ1n) is 6.85. The molecule has 0 aliphatic carbocycles. The van der Waals surface area contributed by atoms with Gasteiger partial charge in [-0.05, 0) is 19.1 Å². The van der Waals surface area contributed by atoms with E-state index in [9.17, 15) is 4.79 Å². The molecule has 21 heavy (non-hydrogen) atoms. The van der Waals surface area contributed by atoms with E-state index in [4.69, 9.17) is 9.15 Å². The van der Waals surface area contributed by atoms with Gasteiger partial charge in [-0.1, -0.05) is 18.2 Å². The van der Waals surface area contributed by atoms with Gasteiger partial charge in [-0.15, -0.1) is 11.3 Å². The number of benzene rings is 1. The van der Waals surface area contributed by atoms with Gasteiger partial charge >= 0.3 is 5.97 Å². The largest absolute Gasteiger partial charge is 0.466 e. The maximum Gasteiger partial charge on any atom is 0.306 e. The Labute approximate surface area is 126 Å². The van der Waals surface area contributed by atoms with E-state index in [-0.39, 0.29) is 5.97 Å². The van der Waals surface area contributed by atoms with Crippen LogP contribution in [0.5, 0.6) is 0 Å². The van der Waals surface area contributed by atoms with Crippen LogP contribution in [-0.2, 0) is 16.0 Å². The molecule has 0 N–H and O–H groups in total. The molecule has 108 valence electrons. The molecule has 0 unspecified atom stereocenters. The lowest BCUT2D eigenvalue weighted by Gasteiger charge is -1.98. The monoisotopic (exact) mass is 301 g/mol. The van der Waals surface area contributed by atoms with Crippen LogP contribution in [0.1, 0.15) is 19.0 Å². The van der Waals surface area contributed by atoms with Crippen molar-refractivity contribution < 1.29 is 13.9 Å². The van der Waals surface area contributed by atoms with Crippen LogP contribution in [0.15, 0.2) is 40.1 Å². The normalized spacial score (nSPS) is 10.9. The molecule has 2 aromatic heterocycles. The van der Waals surface area contributed by atoms with E-state index in [1.165, 1.54) is 11.3 Å². The minimum Gasteiger partial charge on any atom is -0.466 e. The summed E-state index contributed by atoms with van der Waals surface area (Å²) in [7, 11) is 0. The maximum atomic E-state index is 11.3. The van der Waals surface area contributed by atoms with Gasteiger partial charge in [-0.3, -0.25) is 4.79 Å². The number of para-hydroxylation sites is 1. The zero-order chi connectivity index (χ0) is 14.7. The fourth-order valence-corrected chi connectivity index (χ4v) is 2.89. The van der Waals surface area contributed by atoms with Crippen molar-refractivity contribution in [1.82, 2.24) is 4.98 Å². The van der Waals surface area contributed by atoms with Crippen LogP contribution in [0.2, 0.25) is 0 Å². The third-order valence-corrected chi connectivity index (χ3v) is 3.98. The van der Waals surface area contributed by atoms with Crippen molar-refractivity contribution in [3.63, 3.8) is 0 Å². The highest BCUT2D eigenvalue weighted by Gasteiger charge is 2.11. The summed E-state index contributed by atoms with van der Waals surface area (Å²) in [6.07, 6.45) is 0.951. The summed E-state index contributed by atoms with van der Waals surface area (Å²) in [5.41, 5.74) is 1.75. The lowest BCUT2D eigenvalue weighted by molar-refractivity contribution is -0.143. The summed E-state index contributed by atoms with van der Waals surface area (Å²) in [4.78, 5) is 15.9. The molecule has 0 bridgehead atoms. The number of thiazole rings is 1. The standard InChI is InChI=1S/C16H15NO3S/c1-2-19-15(18)8-7-12-10-21-16(17-12)14-9-11-5-3-4-6-13(11)20-14/h3-6,9-10H,2,7-8H2,1H3. The predicted molar refractivity (Wildman–Crippen MR) is 82.3 cm³/mol. The van der Waals surface area contributed by atoms with Gasteiger partial charge in [0.1, 0.15) is 5.58 Å². The van der Waals surface area contributed by atoms with Crippen molar-refractivity contribution in [2.75, 3.05) is 6.61 Å². The molecule has 2 heterocycles. The summed E-state index contributed by atoms with van der Waals surface area (Å²) in [6.45, 7) is 2.22. The molecular formula is C16H15NO3S.